The number of hydrogen-bond donors (Lipinski definition) is 1. The topological polar surface area (TPSA) is 80.5 Å². The summed E-state index contributed by atoms with van der Waals surface area (Å²) in [6.07, 6.45) is 2.42. The number of nitrogens with one attached hydrogen (secondary N) is 1. The van der Waals surface area contributed by atoms with Gasteiger partial charge < -0.3 is 14.6 Å². The van der Waals surface area contributed by atoms with Crippen LogP contribution < -0.4 is 10.1 Å². The van der Waals surface area contributed by atoms with Gasteiger partial charge in [-0.15, -0.1) is 0 Å². The van der Waals surface area contributed by atoms with E-state index in [1.54, 1.807) is 31.2 Å². The molecular weight excluding hydrogens is 380 g/mol. The number of aromatic nitrogens is 2. The molecule has 0 bridgehead atoms. The Hall–Kier alpha value is -3.19. The lowest BCUT2D eigenvalue weighted by Crippen LogP contribution is -2.36. The summed E-state index contributed by atoms with van der Waals surface area (Å²) in [5.41, 5.74) is 1.84. The van der Waals surface area contributed by atoms with Crippen molar-refractivity contribution in [3.8, 4) is 5.75 Å². The third-order valence-electron chi connectivity index (χ3n) is 5.28. The lowest BCUT2D eigenvalue weighted by Gasteiger charge is -2.28. The molecule has 7 heteroatoms. The number of likely N-dealkylation sites (tertiary alicyclic amines) is 1. The van der Waals surface area contributed by atoms with Crippen LogP contribution in [0.4, 0.5) is 0 Å². The molecule has 4 rings (SSSR count). The Morgan fingerprint density at radius 1 is 1.13 bits per heavy atom. The summed E-state index contributed by atoms with van der Waals surface area (Å²) in [6.45, 7) is 4.68. The monoisotopic (exact) mass is 406 g/mol. The van der Waals surface area contributed by atoms with Crippen LogP contribution in [0.5, 0.6) is 5.75 Å². The summed E-state index contributed by atoms with van der Waals surface area (Å²) in [4.78, 5) is 19.2. The Morgan fingerprint density at radius 2 is 1.87 bits per heavy atom. The van der Waals surface area contributed by atoms with Crippen molar-refractivity contribution in [2.75, 3.05) is 19.6 Å². The number of carbonyl (C=O) groups excluding carboxylic acids is 1. The largest absolute Gasteiger partial charge is 0.485 e. The summed E-state index contributed by atoms with van der Waals surface area (Å²) < 4.78 is 10.6. The third kappa shape index (κ3) is 5.04. The average molecular weight is 406 g/mol. The van der Waals surface area contributed by atoms with Gasteiger partial charge in [0.15, 0.2) is 6.61 Å². The van der Waals surface area contributed by atoms with E-state index >= 15 is 0 Å². The van der Waals surface area contributed by atoms with Crippen molar-refractivity contribution in [1.29, 1.82) is 0 Å². The summed E-state index contributed by atoms with van der Waals surface area (Å²) in [5, 5.41) is 6.90. The smallest absolute Gasteiger partial charge is 0.251 e. The van der Waals surface area contributed by atoms with Crippen LogP contribution in [0.2, 0.25) is 0 Å². The highest BCUT2D eigenvalue weighted by Gasteiger charge is 2.24. The first-order valence-electron chi connectivity index (χ1n) is 10.3. The van der Waals surface area contributed by atoms with E-state index in [0.29, 0.717) is 29.6 Å². The van der Waals surface area contributed by atoms with Crippen molar-refractivity contribution < 1.29 is 14.1 Å². The molecule has 0 aliphatic carbocycles. The van der Waals surface area contributed by atoms with Gasteiger partial charge in [0.25, 0.3) is 5.91 Å². The van der Waals surface area contributed by atoms with Crippen molar-refractivity contribution >= 4 is 5.91 Å². The SMILES string of the molecule is Cc1nc(COc2ccc(C(=O)NCC(c3ccccc3)N3CCCC3)cc2)no1. The van der Waals surface area contributed by atoms with Crippen LogP contribution in [0.3, 0.4) is 0 Å². The normalized spacial score (nSPS) is 15.1. The molecule has 1 amide bonds. The molecule has 1 fully saturated rings. The fourth-order valence-electron chi connectivity index (χ4n) is 3.73. The van der Waals surface area contributed by atoms with Crippen LogP contribution in [-0.2, 0) is 6.61 Å². The predicted octanol–water partition coefficient (Wildman–Crippen LogP) is 3.52. The molecule has 7 nitrogen and oxygen atoms in total. The van der Waals surface area contributed by atoms with Gasteiger partial charge in [0, 0.05) is 19.0 Å². The van der Waals surface area contributed by atoms with E-state index in [2.05, 4.69) is 44.6 Å². The molecule has 30 heavy (non-hydrogen) atoms. The molecular formula is C23H26N4O3. The molecule has 1 saturated heterocycles. The van der Waals surface area contributed by atoms with E-state index in [0.717, 1.165) is 13.1 Å². The minimum atomic E-state index is -0.0875. The first-order valence-corrected chi connectivity index (χ1v) is 10.3. The van der Waals surface area contributed by atoms with Gasteiger partial charge in [-0.25, -0.2) is 0 Å². The van der Waals surface area contributed by atoms with Crippen LogP contribution >= 0.6 is 0 Å². The van der Waals surface area contributed by atoms with E-state index < -0.39 is 0 Å². The lowest BCUT2D eigenvalue weighted by atomic mass is 10.1. The molecule has 1 unspecified atom stereocenters. The molecule has 2 aromatic carbocycles. The quantitative estimate of drug-likeness (QED) is 0.616. The number of aryl methyl sites for hydroxylation is 1. The number of rotatable bonds is 8. The molecule has 0 radical (unpaired) electrons. The summed E-state index contributed by atoms with van der Waals surface area (Å²) in [5.74, 6) is 1.55. The minimum absolute atomic E-state index is 0.0875. The second-order valence-corrected chi connectivity index (χ2v) is 7.42. The van der Waals surface area contributed by atoms with E-state index in [-0.39, 0.29) is 18.6 Å². The van der Waals surface area contributed by atoms with Crippen LogP contribution in [0, 0.1) is 6.92 Å². The number of carbonyl (C=O) groups is 1. The van der Waals surface area contributed by atoms with Crippen molar-refractivity contribution in [1.82, 2.24) is 20.4 Å². The molecule has 1 aliphatic heterocycles. The fraction of sp³-hybridized carbons (Fsp3) is 0.348. The first kappa shape index (κ1) is 20.1. The number of hydrogen-bond acceptors (Lipinski definition) is 6. The van der Waals surface area contributed by atoms with Crippen LogP contribution in [-0.4, -0.2) is 40.6 Å². The summed E-state index contributed by atoms with van der Waals surface area (Å²) >= 11 is 0. The molecule has 1 aromatic heterocycles. The van der Waals surface area contributed by atoms with Gasteiger partial charge in [-0.2, -0.15) is 4.98 Å². The van der Waals surface area contributed by atoms with Gasteiger partial charge >= 0.3 is 0 Å². The maximum Gasteiger partial charge on any atom is 0.251 e. The Morgan fingerprint density at radius 3 is 2.53 bits per heavy atom. The lowest BCUT2D eigenvalue weighted by molar-refractivity contribution is 0.0938. The molecule has 1 atom stereocenters. The van der Waals surface area contributed by atoms with E-state index in [9.17, 15) is 4.79 Å². The minimum Gasteiger partial charge on any atom is -0.485 e. The number of amides is 1. The zero-order chi connectivity index (χ0) is 20.8. The van der Waals surface area contributed by atoms with Gasteiger partial charge in [-0.1, -0.05) is 35.5 Å². The standard InChI is InChI=1S/C23H26N4O3/c1-17-25-22(26-30-17)16-29-20-11-9-19(10-12-20)23(28)24-15-21(27-13-5-6-14-27)18-7-3-2-4-8-18/h2-4,7-12,21H,5-6,13-16H2,1H3,(H,24,28). The molecule has 2 heterocycles. The Kier molecular flexibility index (Phi) is 6.39. The van der Waals surface area contributed by atoms with E-state index in [1.807, 2.05) is 6.07 Å². The van der Waals surface area contributed by atoms with Crippen LogP contribution in [0.25, 0.3) is 0 Å². The van der Waals surface area contributed by atoms with Gasteiger partial charge in [-0.05, 0) is 55.8 Å². The fourth-order valence-corrected chi connectivity index (χ4v) is 3.73. The highest BCUT2D eigenvalue weighted by molar-refractivity contribution is 5.94. The maximum atomic E-state index is 12.7. The molecule has 1 N–H and O–H groups in total. The predicted molar refractivity (Wildman–Crippen MR) is 112 cm³/mol. The second-order valence-electron chi connectivity index (χ2n) is 7.42. The zero-order valence-electron chi connectivity index (χ0n) is 17.1. The highest BCUT2D eigenvalue weighted by Crippen LogP contribution is 2.24. The third-order valence-corrected chi connectivity index (χ3v) is 5.28. The van der Waals surface area contributed by atoms with Crippen molar-refractivity contribution in [2.45, 2.75) is 32.4 Å². The second kappa shape index (κ2) is 9.54. The zero-order valence-corrected chi connectivity index (χ0v) is 17.1. The Bertz CT molecular complexity index is 950. The Labute approximate surface area is 176 Å². The van der Waals surface area contributed by atoms with Gasteiger partial charge in [0.1, 0.15) is 5.75 Å². The van der Waals surface area contributed by atoms with Crippen LogP contribution in [0.1, 0.15) is 46.5 Å². The molecule has 0 spiro atoms. The van der Waals surface area contributed by atoms with Crippen molar-refractivity contribution in [2.24, 2.45) is 0 Å². The van der Waals surface area contributed by atoms with E-state index in [4.69, 9.17) is 9.26 Å². The van der Waals surface area contributed by atoms with Gasteiger partial charge in [0.05, 0.1) is 6.04 Å². The number of ether oxygens (including phenoxy) is 1. The Balaban J connectivity index is 1.34. The molecule has 1 aliphatic rings. The molecule has 3 aromatic rings. The highest BCUT2D eigenvalue weighted by atomic mass is 16.5. The summed E-state index contributed by atoms with van der Waals surface area (Å²) in [7, 11) is 0. The van der Waals surface area contributed by atoms with E-state index in [1.165, 1.54) is 18.4 Å². The molecule has 156 valence electrons. The maximum absolute atomic E-state index is 12.7. The van der Waals surface area contributed by atoms with Crippen LogP contribution in [0.15, 0.2) is 59.1 Å². The number of benzene rings is 2. The van der Waals surface area contributed by atoms with Crippen molar-refractivity contribution in [3.63, 3.8) is 0 Å². The van der Waals surface area contributed by atoms with Gasteiger partial charge in [-0.3, -0.25) is 9.69 Å². The average Bonchev–Trinajstić information content (AvgIpc) is 3.45. The van der Waals surface area contributed by atoms with Gasteiger partial charge in [0.2, 0.25) is 11.7 Å². The summed E-state index contributed by atoms with van der Waals surface area (Å²) in [6, 6.07) is 17.7. The first-order chi connectivity index (χ1) is 14.7. The molecule has 0 saturated carbocycles. The van der Waals surface area contributed by atoms with Crippen molar-refractivity contribution in [3.05, 3.63) is 77.4 Å². The number of nitrogens with zero attached hydrogens (tertiary/aromatic N) is 3.